The fourth-order valence-electron chi connectivity index (χ4n) is 3.72. The van der Waals surface area contributed by atoms with Crippen LogP contribution in [0.5, 0.6) is 0 Å². The van der Waals surface area contributed by atoms with Gasteiger partial charge in [0.25, 0.3) is 0 Å². The van der Waals surface area contributed by atoms with Gasteiger partial charge >= 0.3 is 0 Å². The molecule has 1 heterocycles. The fourth-order valence-corrected chi connectivity index (χ4v) is 3.72. The summed E-state index contributed by atoms with van der Waals surface area (Å²) in [5.41, 5.74) is 2.97. The first kappa shape index (κ1) is 14.9. The highest BCUT2D eigenvalue weighted by molar-refractivity contribution is 5.57. The molecule has 1 fully saturated rings. The zero-order valence-electron chi connectivity index (χ0n) is 13.2. The topological polar surface area (TPSA) is 24.5 Å². The van der Waals surface area contributed by atoms with Crippen molar-refractivity contribution in [1.29, 1.82) is 0 Å². The molecule has 1 saturated carbocycles. The Morgan fingerprint density at radius 3 is 2.81 bits per heavy atom. The van der Waals surface area contributed by atoms with Crippen LogP contribution in [0, 0.1) is 0 Å². The van der Waals surface area contributed by atoms with Gasteiger partial charge in [-0.2, -0.15) is 0 Å². The van der Waals surface area contributed by atoms with Crippen molar-refractivity contribution in [1.82, 2.24) is 5.32 Å². The predicted molar refractivity (Wildman–Crippen MR) is 88.0 cm³/mol. The molecule has 116 valence electrons. The van der Waals surface area contributed by atoms with Crippen LogP contribution in [0.1, 0.15) is 37.7 Å². The molecular formula is C18H28N2O. The Hall–Kier alpha value is -1.06. The molecule has 0 radical (unpaired) electrons. The average molecular weight is 288 g/mol. The summed E-state index contributed by atoms with van der Waals surface area (Å²) < 4.78 is 5.43. The molecule has 1 N–H and O–H groups in total. The van der Waals surface area contributed by atoms with Crippen LogP contribution in [-0.2, 0) is 11.2 Å². The normalized spacial score (nSPS) is 25.1. The number of anilines is 1. The second kappa shape index (κ2) is 7.28. The lowest BCUT2D eigenvalue weighted by molar-refractivity contribution is 0.0626. The van der Waals surface area contributed by atoms with Gasteiger partial charge in [0.1, 0.15) is 0 Å². The minimum Gasteiger partial charge on any atom is -0.381 e. The molecule has 0 spiro atoms. The third-order valence-corrected chi connectivity index (χ3v) is 5.03. The SMILES string of the molecule is COC1CCC(NCCCN2CCc3ccccc32)CC1. The first-order valence-electron chi connectivity index (χ1n) is 8.46. The monoisotopic (exact) mass is 288 g/mol. The summed E-state index contributed by atoms with van der Waals surface area (Å²) in [6, 6.07) is 9.55. The van der Waals surface area contributed by atoms with Crippen LogP contribution < -0.4 is 10.2 Å². The van der Waals surface area contributed by atoms with Crippen LogP contribution in [-0.4, -0.2) is 38.9 Å². The Bertz CT molecular complexity index is 441. The molecule has 0 amide bonds. The van der Waals surface area contributed by atoms with Gasteiger partial charge in [-0.15, -0.1) is 0 Å². The standard InChI is InChI=1S/C18H28N2O/c1-21-17-9-7-16(8-10-17)19-12-4-13-20-14-11-15-5-2-3-6-18(15)20/h2-3,5-6,16-17,19H,4,7-14H2,1H3. The molecule has 1 aliphatic heterocycles. The lowest BCUT2D eigenvalue weighted by Crippen LogP contribution is -2.36. The number of rotatable bonds is 6. The van der Waals surface area contributed by atoms with Crippen LogP contribution in [0.4, 0.5) is 5.69 Å². The summed E-state index contributed by atoms with van der Waals surface area (Å²) in [5.74, 6) is 0. The van der Waals surface area contributed by atoms with Gasteiger partial charge in [0.2, 0.25) is 0 Å². The predicted octanol–water partition coefficient (Wildman–Crippen LogP) is 2.99. The zero-order valence-corrected chi connectivity index (χ0v) is 13.2. The molecule has 3 heteroatoms. The number of benzene rings is 1. The van der Waals surface area contributed by atoms with Crippen molar-refractivity contribution in [3.8, 4) is 0 Å². The summed E-state index contributed by atoms with van der Waals surface area (Å²) in [7, 11) is 1.84. The number of hydrogen-bond acceptors (Lipinski definition) is 3. The third kappa shape index (κ3) is 3.78. The smallest absolute Gasteiger partial charge is 0.0572 e. The van der Waals surface area contributed by atoms with Crippen LogP contribution in [0.2, 0.25) is 0 Å². The Morgan fingerprint density at radius 2 is 2.00 bits per heavy atom. The maximum Gasteiger partial charge on any atom is 0.0572 e. The van der Waals surface area contributed by atoms with E-state index in [9.17, 15) is 0 Å². The lowest BCUT2D eigenvalue weighted by Gasteiger charge is -2.28. The molecule has 2 aliphatic rings. The van der Waals surface area contributed by atoms with E-state index in [4.69, 9.17) is 4.74 Å². The molecule has 0 saturated heterocycles. The molecular weight excluding hydrogens is 260 g/mol. The van der Waals surface area contributed by atoms with Gasteiger partial charge in [0.05, 0.1) is 6.10 Å². The summed E-state index contributed by atoms with van der Waals surface area (Å²) >= 11 is 0. The zero-order chi connectivity index (χ0) is 14.5. The largest absolute Gasteiger partial charge is 0.381 e. The molecule has 0 unspecified atom stereocenters. The number of nitrogens with zero attached hydrogens (tertiary/aromatic N) is 1. The summed E-state index contributed by atoms with van der Waals surface area (Å²) in [6.45, 7) is 3.51. The van der Waals surface area contributed by atoms with Gasteiger partial charge in [-0.3, -0.25) is 0 Å². The van der Waals surface area contributed by atoms with Crippen LogP contribution >= 0.6 is 0 Å². The van der Waals surface area contributed by atoms with E-state index >= 15 is 0 Å². The second-order valence-electron chi connectivity index (χ2n) is 6.38. The molecule has 3 nitrogen and oxygen atoms in total. The highest BCUT2D eigenvalue weighted by Gasteiger charge is 2.20. The fraction of sp³-hybridized carbons (Fsp3) is 0.667. The van der Waals surface area contributed by atoms with Crippen molar-refractivity contribution in [3.63, 3.8) is 0 Å². The Balaban J connectivity index is 1.34. The van der Waals surface area contributed by atoms with E-state index in [1.54, 1.807) is 0 Å². The van der Waals surface area contributed by atoms with Crippen molar-refractivity contribution in [2.45, 2.75) is 50.7 Å². The summed E-state index contributed by atoms with van der Waals surface area (Å²) in [6.07, 6.45) is 7.92. The molecule has 0 aromatic heterocycles. The van der Waals surface area contributed by atoms with Gasteiger partial charge in [-0.1, -0.05) is 18.2 Å². The van der Waals surface area contributed by atoms with E-state index in [-0.39, 0.29) is 0 Å². The van der Waals surface area contributed by atoms with E-state index in [0.29, 0.717) is 12.1 Å². The minimum atomic E-state index is 0.504. The van der Waals surface area contributed by atoms with E-state index in [0.717, 1.165) is 6.54 Å². The van der Waals surface area contributed by atoms with Gasteiger partial charge < -0.3 is 15.0 Å². The Morgan fingerprint density at radius 1 is 1.19 bits per heavy atom. The van der Waals surface area contributed by atoms with Gasteiger partial charge in [0.15, 0.2) is 0 Å². The maximum absolute atomic E-state index is 5.43. The highest BCUT2D eigenvalue weighted by Crippen LogP contribution is 2.27. The quantitative estimate of drug-likeness (QED) is 0.815. The van der Waals surface area contributed by atoms with Gasteiger partial charge in [-0.05, 0) is 56.7 Å². The van der Waals surface area contributed by atoms with Gasteiger partial charge in [0, 0.05) is 31.9 Å². The number of ether oxygens (including phenoxy) is 1. The molecule has 0 bridgehead atoms. The van der Waals surface area contributed by atoms with E-state index in [1.807, 2.05) is 7.11 Å². The number of para-hydroxylation sites is 1. The first-order valence-corrected chi connectivity index (χ1v) is 8.46. The van der Waals surface area contributed by atoms with Crippen LogP contribution in [0.15, 0.2) is 24.3 Å². The van der Waals surface area contributed by atoms with E-state index in [1.165, 1.54) is 62.9 Å². The lowest BCUT2D eigenvalue weighted by atomic mass is 9.93. The molecule has 0 atom stereocenters. The summed E-state index contributed by atoms with van der Waals surface area (Å²) in [4.78, 5) is 2.54. The first-order chi connectivity index (χ1) is 10.4. The molecule has 21 heavy (non-hydrogen) atoms. The van der Waals surface area contributed by atoms with Crippen LogP contribution in [0.3, 0.4) is 0 Å². The maximum atomic E-state index is 5.43. The van der Waals surface area contributed by atoms with Crippen molar-refractivity contribution in [2.75, 3.05) is 31.6 Å². The molecule has 1 aliphatic carbocycles. The van der Waals surface area contributed by atoms with Gasteiger partial charge in [-0.25, -0.2) is 0 Å². The van der Waals surface area contributed by atoms with Crippen molar-refractivity contribution >= 4 is 5.69 Å². The number of methoxy groups -OCH3 is 1. The number of nitrogens with one attached hydrogen (secondary N) is 1. The molecule has 3 rings (SSSR count). The average Bonchev–Trinajstić information content (AvgIpc) is 2.95. The Labute approximate surface area is 128 Å². The van der Waals surface area contributed by atoms with E-state index in [2.05, 4.69) is 34.5 Å². The third-order valence-electron chi connectivity index (χ3n) is 5.03. The molecule has 1 aromatic rings. The highest BCUT2D eigenvalue weighted by atomic mass is 16.5. The minimum absolute atomic E-state index is 0.504. The van der Waals surface area contributed by atoms with Crippen LogP contribution in [0.25, 0.3) is 0 Å². The number of hydrogen-bond donors (Lipinski definition) is 1. The van der Waals surface area contributed by atoms with Crippen molar-refractivity contribution in [3.05, 3.63) is 29.8 Å². The van der Waals surface area contributed by atoms with E-state index < -0.39 is 0 Å². The van der Waals surface area contributed by atoms with Crippen molar-refractivity contribution in [2.24, 2.45) is 0 Å². The number of fused-ring (bicyclic) bond motifs is 1. The molecule has 1 aromatic carbocycles. The Kier molecular flexibility index (Phi) is 5.15. The van der Waals surface area contributed by atoms with Crippen molar-refractivity contribution < 1.29 is 4.74 Å². The second-order valence-corrected chi connectivity index (χ2v) is 6.38. The summed E-state index contributed by atoms with van der Waals surface area (Å²) in [5, 5.41) is 3.73.